The van der Waals surface area contributed by atoms with E-state index in [0.29, 0.717) is 0 Å². The van der Waals surface area contributed by atoms with Crippen molar-refractivity contribution < 1.29 is 32.8 Å². The Balaban J connectivity index is 0. The highest BCUT2D eigenvalue weighted by molar-refractivity contribution is 7.87. The van der Waals surface area contributed by atoms with Crippen LogP contribution in [0.3, 0.4) is 0 Å². The van der Waals surface area contributed by atoms with Crippen molar-refractivity contribution >= 4 is 22.1 Å². The molecule has 0 aliphatic carbocycles. The van der Waals surface area contributed by atoms with Gasteiger partial charge >= 0.3 is 11.9 Å². The van der Waals surface area contributed by atoms with E-state index in [2.05, 4.69) is 19.2 Å². The van der Waals surface area contributed by atoms with Gasteiger partial charge in [-0.05, 0) is 25.9 Å². The van der Waals surface area contributed by atoms with Gasteiger partial charge in [-0.1, -0.05) is 65.2 Å². The van der Waals surface area contributed by atoms with Crippen LogP contribution in [0.5, 0.6) is 0 Å². The Kier molecular flexibility index (Phi) is 18.9. The second-order valence-electron chi connectivity index (χ2n) is 6.52. The summed E-state index contributed by atoms with van der Waals surface area (Å²) in [6, 6.07) is 0. The summed E-state index contributed by atoms with van der Waals surface area (Å²) in [6.07, 6.45) is 12.8. The molecule has 0 aromatic carbocycles. The maximum absolute atomic E-state index is 10.2. The normalized spacial score (nSPS) is 12.1. The van der Waals surface area contributed by atoms with E-state index < -0.39 is 33.7 Å². The van der Waals surface area contributed by atoms with Crippen molar-refractivity contribution in [2.24, 2.45) is 0 Å². The van der Waals surface area contributed by atoms with Crippen LogP contribution in [0.4, 0.5) is 0 Å². The Labute approximate surface area is 163 Å². The third-order valence-corrected chi connectivity index (χ3v) is 5.00. The lowest BCUT2D eigenvalue weighted by Gasteiger charge is -2.04. The van der Waals surface area contributed by atoms with Gasteiger partial charge in [0.05, 0.1) is 6.42 Å². The summed E-state index contributed by atoms with van der Waals surface area (Å²) >= 11 is 0. The zero-order valence-corrected chi connectivity index (χ0v) is 17.5. The molecule has 0 aromatic rings. The highest BCUT2D eigenvalue weighted by Gasteiger charge is 2.33. The molecule has 0 saturated carbocycles. The van der Waals surface area contributed by atoms with Crippen LogP contribution < -0.4 is 5.32 Å². The van der Waals surface area contributed by atoms with Crippen LogP contribution in [0.25, 0.3) is 0 Å². The Hall–Kier alpha value is -1.19. The number of carbonyl (C=O) groups is 2. The average molecular weight is 412 g/mol. The van der Waals surface area contributed by atoms with Gasteiger partial charge in [0, 0.05) is 0 Å². The second-order valence-corrected chi connectivity index (χ2v) is 8.12. The van der Waals surface area contributed by atoms with E-state index >= 15 is 0 Å². The van der Waals surface area contributed by atoms with Crippen molar-refractivity contribution in [3.05, 3.63) is 0 Å². The molecule has 1 atom stereocenters. The molecule has 0 radical (unpaired) electrons. The van der Waals surface area contributed by atoms with E-state index in [1.54, 1.807) is 0 Å². The SMILES string of the molecule is CCCCCCCNCCCCCCC.O=C(O)CC(C(=O)O)S(=O)(=O)O. The molecule has 0 spiro atoms. The average Bonchev–Trinajstić information content (AvgIpc) is 2.57. The Bertz CT molecular complexity index is 468. The Morgan fingerprint density at radius 2 is 1.22 bits per heavy atom. The molecule has 1 unspecified atom stereocenters. The molecule has 0 aliphatic heterocycles. The quantitative estimate of drug-likeness (QED) is 0.224. The molecule has 0 fully saturated rings. The van der Waals surface area contributed by atoms with Gasteiger partial charge in [-0.15, -0.1) is 0 Å². The molecule has 0 amide bonds. The first-order valence-electron chi connectivity index (χ1n) is 9.78. The fourth-order valence-corrected chi connectivity index (χ4v) is 2.92. The minimum absolute atomic E-state index is 1.16. The van der Waals surface area contributed by atoms with Crippen LogP contribution in [0.15, 0.2) is 0 Å². The van der Waals surface area contributed by atoms with Crippen molar-refractivity contribution in [3.8, 4) is 0 Å². The summed E-state index contributed by atoms with van der Waals surface area (Å²) in [5, 5.41) is 17.5. The number of hydrogen-bond acceptors (Lipinski definition) is 5. The molecular weight excluding hydrogens is 374 g/mol. The molecule has 162 valence electrons. The van der Waals surface area contributed by atoms with Gasteiger partial charge in [-0.3, -0.25) is 14.1 Å². The van der Waals surface area contributed by atoms with Crippen LogP contribution >= 0.6 is 0 Å². The molecule has 0 heterocycles. The maximum Gasteiger partial charge on any atom is 0.325 e. The van der Waals surface area contributed by atoms with Crippen LogP contribution in [0.1, 0.15) is 84.5 Å². The zero-order valence-electron chi connectivity index (χ0n) is 16.7. The van der Waals surface area contributed by atoms with E-state index in [9.17, 15) is 18.0 Å². The van der Waals surface area contributed by atoms with Crippen LogP contribution in [0, 0.1) is 0 Å². The molecule has 0 aromatic heterocycles. The molecule has 27 heavy (non-hydrogen) atoms. The zero-order chi connectivity index (χ0) is 21.1. The van der Waals surface area contributed by atoms with Gasteiger partial charge in [0.15, 0.2) is 5.25 Å². The molecule has 0 rings (SSSR count). The number of carboxylic acids is 2. The number of hydrogen-bond donors (Lipinski definition) is 4. The number of rotatable bonds is 16. The summed E-state index contributed by atoms with van der Waals surface area (Å²) in [5.41, 5.74) is 0. The summed E-state index contributed by atoms with van der Waals surface area (Å²) in [4.78, 5) is 20.0. The first-order valence-corrected chi connectivity index (χ1v) is 11.3. The van der Waals surface area contributed by atoms with Gasteiger partial charge < -0.3 is 15.5 Å². The number of aliphatic carboxylic acids is 2. The van der Waals surface area contributed by atoms with Crippen molar-refractivity contribution in [3.63, 3.8) is 0 Å². The fraction of sp³-hybridized carbons (Fsp3) is 0.889. The topological polar surface area (TPSA) is 141 Å². The monoisotopic (exact) mass is 411 g/mol. The lowest BCUT2D eigenvalue weighted by Crippen LogP contribution is -2.31. The van der Waals surface area contributed by atoms with Crippen LogP contribution in [-0.2, 0) is 19.7 Å². The highest BCUT2D eigenvalue weighted by Crippen LogP contribution is 2.04. The molecule has 8 nitrogen and oxygen atoms in total. The fourth-order valence-electron chi connectivity index (χ4n) is 2.31. The van der Waals surface area contributed by atoms with Gasteiger partial charge in [-0.2, -0.15) is 8.42 Å². The van der Waals surface area contributed by atoms with Crippen LogP contribution in [-0.4, -0.2) is 53.5 Å². The van der Waals surface area contributed by atoms with E-state index in [0.717, 1.165) is 0 Å². The van der Waals surface area contributed by atoms with Crippen molar-refractivity contribution in [1.29, 1.82) is 0 Å². The minimum Gasteiger partial charge on any atom is -0.481 e. The standard InChI is InChI=1S/C14H31N.C4H6O7S/c1-3-5-7-9-11-13-15-14-12-10-8-6-4-2;5-3(6)1-2(4(7)8)12(9,10)11/h15H,3-14H2,1-2H3;2H,1H2,(H,5,6)(H,7,8)(H,9,10,11). The molecule has 4 N–H and O–H groups in total. The largest absolute Gasteiger partial charge is 0.481 e. The van der Waals surface area contributed by atoms with E-state index in [1.807, 2.05) is 0 Å². The first kappa shape index (κ1) is 28.0. The predicted octanol–water partition coefficient (Wildman–Crippen LogP) is 3.32. The summed E-state index contributed by atoms with van der Waals surface area (Å²) in [7, 11) is -4.84. The molecule has 0 aliphatic rings. The van der Waals surface area contributed by atoms with Gasteiger partial charge in [0.2, 0.25) is 0 Å². The smallest absolute Gasteiger partial charge is 0.325 e. The number of carboxylic acid groups (broad SMARTS) is 2. The van der Waals surface area contributed by atoms with E-state index in [-0.39, 0.29) is 0 Å². The Morgan fingerprint density at radius 3 is 1.48 bits per heavy atom. The summed E-state index contributed by atoms with van der Waals surface area (Å²) in [6.45, 7) is 7.01. The lowest BCUT2D eigenvalue weighted by molar-refractivity contribution is -0.143. The molecule has 0 saturated heterocycles. The summed E-state index contributed by atoms with van der Waals surface area (Å²) < 4.78 is 28.7. The third-order valence-electron chi connectivity index (χ3n) is 3.91. The first-order chi connectivity index (χ1) is 12.7. The van der Waals surface area contributed by atoms with Crippen molar-refractivity contribution in [2.45, 2.75) is 89.7 Å². The van der Waals surface area contributed by atoms with Crippen LogP contribution in [0.2, 0.25) is 0 Å². The Morgan fingerprint density at radius 1 is 0.815 bits per heavy atom. The minimum atomic E-state index is -4.84. The second kappa shape index (κ2) is 18.2. The number of unbranched alkanes of at least 4 members (excludes halogenated alkanes) is 8. The third kappa shape index (κ3) is 21.0. The van der Waals surface area contributed by atoms with Gasteiger partial charge in [0.1, 0.15) is 0 Å². The molecule has 9 heteroatoms. The predicted molar refractivity (Wildman–Crippen MR) is 106 cm³/mol. The summed E-state index contributed by atoms with van der Waals surface area (Å²) in [5.74, 6) is -3.50. The van der Waals surface area contributed by atoms with Crippen molar-refractivity contribution in [1.82, 2.24) is 5.32 Å². The van der Waals surface area contributed by atoms with Crippen molar-refractivity contribution in [2.75, 3.05) is 13.1 Å². The van der Waals surface area contributed by atoms with E-state index in [4.69, 9.17) is 14.8 Å². The van der Waals surface area contributed by atoms with E-state index in [1.165, 1.54) is 77.3 Å². The highest BCUT2D eigenvalue weighted by atomic mass is 32.2. The number of nitrogens with one attached hydrogen (secondary N) is 1. The maximum atomic E-state index is 10.2. The lowest BCUT2D eigenvalue weighted by atomic mass is 10.1. The molecular formula is C18H37NO7S. The van der Waals surface area contributed by atoms with Gasteiger partial charge in [-0.25, -0.2) is 0 Å². The van der Waals surface area contributed by atoms with Gasteiger partial charge in [0.25, 0.3) is 10.1 Å². The molecule has 0 bridgehead atoms.